The van der Waals surface area contributed by atoms with Gasteiger partial charge in [0.05, 0.1) is 0 Å². The predicted molar refractivity (Wildman–Crippen MR) is 63.7 cm³/mol. The first-order chi connectivity index (χ1) is 7.24. The molecular weight excluding hydrogens is 182 g/mol. The molecular formula is C14H23N. The van der Waals surface area contributed by atoms with Gasteiger partial charge in [0.2, 0.25) is 0 Å². The molecule has 2 bridgehead atoms. The van der Waals surface area contributed by atoms with Crippen molar-refractivity contribution in [1.82, 2.24) is 4.90 Å². The van der Waals surface area contributed by atoms with Crippen LogP contribution >= 0.6 is 0 Å². The topological polar surface area (TPSA) is 3.24 Å². The van der Waals surface area contributed by atoms with Crippen LogP contribution in [0.15, 0.2) is 12.2 Å². The van der Waals surface area contributed by atoms with Crippen molar-refractivity contribution in [3.63, 3.8) is 0 Å². The monoisotopic (exact) mass is 205 g/mol. The quantitative estimate of drug-likeness (QED) is 0.627. The number of rotatable bonds is 2. The summed E-state index contributed by atoms with van der Waals surface area (Å²) in [5.41, 5.74) is 1.33. The minimum absolute atomic E-state index is 1.05. The van der Waals surface area contributed by atoms with E-state index in [-0.39, 0.29) is 0 Å². The second kappa shape index (κ2) is 3.62. The highest BCUT2D eigenvalue weighted by atomic mass is 15.2. The van der Waals surface area contributed by atoms with E-state index in [1.807, 2.05) is 0 Å². The summed E-state index contributed by atoms with van der Waals surface area (Å²) in [4.78, 5) is 2.66. The third-order valence-electron chi connectivity index (χ3n) is 5.01. The van der Waals surface area contributed by atoms with E-state index >= 15 is 0 Å². The van der Waals surface area contributed by atoms with Crippen LogP contribution in [0.3, 0.4) is 0 Å². The maximum absolute atomic E-state index is 4.05. The van der Waals surface area contributed by atoms with Gasteiger partial charge in [-0.1, -0.05) is 12.2 Å². The number of hydrogen-bond donors (Lipinski definition) is 0. The first-order valence-corrected chi connectivity index (χ1v) is 6.61. The van der Waals surface area contributed by atoms with Gasteiger partial charge in [-0.25, -0.2) is 0 Å². The van der Waals surface area contributed by atoms with Crippen molar-refractivity contribution in [1.29, 1.82) is 0 Å². The Balaban J connectivity index is 1.70. The number of likely N-dealkylation sites (tertiary alicyclic amines) is 1. The summed E-state index contributed by atoms with van der Waals surface area (Å²) < 4.78 is 0. The molecule has 2 atom stereocenters. The van der Waals surface area contributed by atoms with Gasteiger partial charge in [-0.15, -0.1) is 0 Å². The molecule has 0 aromatic rings. The van der Waals surface area contributed by atoms with Gasteiger partial charge in [-0.05, 0) is 56.3 Å². The third-order valence-corrected chi connectivity index (χ3v) is 5.01. The summed E-state index contributed by atoms with van der Waals surface area (Å²) in [5, 5.41) is 0. The molecule has 1 aliphatic heterocycles. The molecule has 1 nitrogen and oxygen atoms in total. The van der Waals surface area contributed by atoms with Crippen molar-refractivity contribution < 1.29 is 0 Å². The van der Waals surface area contributed by atoms with Crippen molar-refractivity contribution >= 4 is 0 Å². The molecule has 0 amide bonds. The maximum Gasteiger partial charge on any atom is 0.0187 e. The normalized spacial score (nSPS) is 44.3. The van der Waals surface area contributed by atoms with Gasteiger partial charge >= 0.3 is 0 Å². The average molecular weight is 205 g/mol. The second-order valence-electron chi connectivity index (χ2n) is 6.15. The Morgan fingerprint density at radius 1 is 1.07 bits per heavy atom. The average Bonchev–Trinajstić information content (AvgIpc) is 2.63. The van der Waals surface area contributed by atoms with Crippen LogP contribution in [0.2, 0.25) is 0 Å². The van der Waals surface area contributed by atoms with E-state index in [0.29, 0.717) is 0 Å². The Hall–Kier alpha value is -0.300. The Morgan fingerprint density at radius 2 is 1.53 bits per heavy atom. The molecule has 4 aliphatic rings. The summed E-state index contributed by atoms with van der Waals surface area (Å²) >= 11 is 0. The zero-order valence-corrected chi connectivity index (χ0v) is 9.91. The Morgan fingerprint density at radius 3 is 1.93 bits per heavy atom. The van der Waals surface area contributed by atoms with Crippen LogP contribution < -0.4 is 0 Å². The van der Waals surface area contributed by atoms with E-state index in [2.05, 4.69) is 18.4 Å². The van der Waals surface area contributed by atoms with Crippen LogP contribution in [-0.2, 0) is 0 Å². The van der Waals surface area contributed by atoms with Crippen molar-refractivity contribution in [2.24, 2.45) is 23.7 Å². The summed E-state index contributed by atoms with van der Waals surface area (Å²) in [6.45, 7) is 10.1. The molecule has 4 fully saturated rings. The molecule has 4 rings (SSSR count). The molecule has 0 N–H and O–H groups in total. The van der Waals surface area contributed by atoms with Gasteiger partial charge in [0.1, 0.15) is 0 Å². The molecule has 0 spiro atoms. The summed E-state index contributed by atoms with van der Waals surface area (Å²) in [7, 11) is 0. The first-order valence-electron chi connectivity index (χ1n) is 6.61. The molecule has 84 valence electrons. The highest BCUT2D eigenvalue weighted by Crippen LogP contribution is 2.51. The Bertz CT molecular complexity index is 243. The molecule has 3 saturated carbocycles. The molecule has 3 aliphatic carbocycles. The molecule has 1 heterocycles. The fraction of sp³-hybridized carbons (Fsp3) is 0.857. The van der Waals surface area contributed by atoms with Gasteiger partial charge in [0, 0.05) is 19.6 Å². The number of nitrogens with zero attached hydrogens (tertiary/aromatic N) is 1. The molecule has 1 heteroatoms. The summed E-state index contributed by atoms with van der Waals surface area (Å²) in [6, 6.07) is 0. The summed E-state index contributed by atoms with van der Waals surface area (Å²) in [6.07, 6.45) is 6.14. The maximum atomic E-state index is 4.05. The van der Waals surface area contributed by atoms with Crippen LogP contribution in [0.1, 0.15) is 32.6 Å². The third kappa shape index (κ3) is 1.65. The lowest BCUT2D eigenvalue weighted by atomic mass is 9.60. The second-order valence-corrected chi connectivity index (χ2v) is 6.15. The van der Waals surface area contributed by atoms with E-state index in [0.717, 1.165) is 30.2 Å². The Kier molecular flexibility index (Phi) is 2.39. The van der Waals surface area contributed by atoms with Gasteiger partial charge in [-0.3, -0.25) is 4.90 Å². The van der Waals surface area contributed by atoms with Gasteiger partial charge in [-0.2, -0.15) is 0 Å². The largest absolute Gasteiger partial charge is 0.299 e. The highest BCUT2D eigenvalue weighted by Gasteiger charge is 2.47. The smallest absolute Gasteiger partial charge is 0.0187 e. The van der Waals surface area contributed by atoms with E-state index in [4.69, 9.17) is 0 Å². The van der Waals surface area contributed by atoms with Gasteiger partial charge in [0.15, 0.2) is 0 Å². The SMILES string of the molecule is C=C(C)CN1C[C@@H]2C3CCC(CC3)[C@@H]2C1. The van der Waals surface area contributed by atoms with E-state index < -0.39 is 0 Å². The number of hydrogen-bond acceptors (Lipinski definition) is 1. The van der Waals surface area contributed by atoms with Crippen LogP contribution in [0.5, 0.6) is 0 Å². The lowest BCUT2D eigenvalue weighted by Crippen LogP contribution is -2.38. The molecule has 15 heavy (non-hydrogen) atoms. The minimum Gasteiger partial charge on any atom is -0.299 e. The van der Waals surface area contributed by atoms with E-state index in [9.17, 15) is 0 Å². The molecule has 0 radical (unpaired) electrons. The molecule has 0 aromatic carbocycles. The lowest BCUT2D eigenvalue weighted by molar-refractivity contribution is 0.0577. The van der Waals surface area contributed by atoms with Crippen molar-refractivity contribution in [3.8, 4) is 0 Å². The summed E-state index contributed by atoms with van der Waals surface area (Å²) in [5.74, 6) is 4.26. The standard InChI is InChI=1S/C14H23N/c1-10(2)7-15-8-13-11-3-4-12(6-5-11)14(13)9-15/h11-14H,1,3-9H2,2H3/t11?,12?,13-,14+. The van der Waals surface area contributed by atoms with E-state index in [1.165, 1.54) is 44.3 Å². The van der Waals surface area contributed by atoms with Crippen LogP contribution in [-0.4, -0.2) is 24.5 Å². The Labute approximate surface area is 93.5 Å². The number of fused-ring (bicyclic) bond motifs is 2. The minimum atomic E-state index is 1.05. The van der Waals surface area contributed by atoms with Crippen LogP contribution in [0.4, 0.5) is 0 Å². The van der Waals surface area contributed by atoms with Crippen molar-refractivity contribution in [3.05, 3.63) is 12.2 Å². The van der Waals surface area contributed by atoms with Gasteiger partial charge < -0.3 is 0 Å². The lowest BCUT2D eigenvalue weighted by Gasteiger charge is -2.45. The van der Waals surface area contributed by atoms with Crippen LogP contribution in [0, 0.1) is 23.7 Å². The highest BCUT2D eigenvalue weighted by molar-refractivity contribution is 5.02. The molecule has 0 aromatic heterocycles. The molecule has 0 unspecified atom stereocenters. The van der Waals surface area contributed by atoms with Crippen LogP contribution in [0.25, 0.3) is 0 Å². The van der Waals surface area contributed by atoms with Crippen molar-refractivity contribution in [2.45, 2.75) is 32.6 Å². The molecule has 1 saturated heterocycles. The fourth-order valence-electron chi connectivity index (χ4n) is 4.45. The van der Waals surface area contributed by atoms with Gasteiger partial charge in [0.25, 0.3) is 0 Å². The zero-order chi connectivity index (χ0) is 10.4. The zero-order valence-electron chi connectivity index (χ0n) is 9.91. The van der Waals surface area contributed by atoms with E-state index in [1.54, 1.807) is 0 Å². The first kappa shape index (κ1) is 9.89. The fourth-order valence-corrected chi connectivity index (χ4v) is 4.45. The van der Waals surface area contributed by atoms with Crippen molar-refractivity contribution in [2.75, 3.05) is 19.6 Å². The predicted octanol–water partition coefficient (Wildman–Crippen LogP) is 2.93.